The van der Waals surface area contributed by atoms with E-state index in [9.17, 15) is 9.90 Å². The SMILES string of the molecule is CCC1CC(NC2CCCCCC2)(C(=O)O)CCO1. The maximum absolute atomic E-state index is 11.8. The summed E-state index contributed by atoms with van der Waals surface area (Å²) in [5.74, 6) is -0.696. The largest absolute Gasteiger partial charge is 0.480 e. The monoisotopic (exact) mass is 269 g/mol. The normalized spacial score (nSPS) is 33.8. The van der Waals surface area contributed by atoms with Crippen LogP contribution >= 0.6 is 0 Å². The van der Waals surface area contributed by atoms with Crippen LogP contribution in [0.4, 0.5) is 0 Å². The molecule has 0 radical (unpaired) electrons. The quantitative estimate of drug-likeness (QED) is 0.770. The standard InChI is InChI=1S/C15H27NO3/c1-2-13-11-15(14(17)18,9-10-19-13)16-12-7-5-3-4-6-8-12/h12-13,16H,2-11H2,1H3,(H,17,18). The Balaban J connectivity index is 2.03. The van der Waals surface area contributed by atoms with E-state index in [1.54, 1.807) is 0 Å². The van der Waals surface area contributed by atoms with Crippen molar-refractivity contribution in [2.45, 2.75) is 82.4 Å². The Bertz CT molecular complexity index is 300. The Morgan fingerprint density at radius 3 is 2.58 bits per heavy atom. The molecule has 0 spiro atoms. The zero-order valence-corrected chi connectivity index (χ0v) is 12.0. The summed E-state index contributed by atoms with van der Waals surface area (Å²) in [6.07, 6.45) is 9.44. The predicted molar refractivity (Wildman–Crippen MR) is 74.3 cm³/mol. The molecular weight excluding hydrogens is 242 g/mol. The van der Waals surface area contributed by atoms with E-state index < -0.39 is 11.5 Å². The number of ether oxygens (including phenoxy) is 1. The van der Waals surface area contributed by atoms with E-state index in [1.807, 2.05) is 0 Å². The first-order valence-corrected chi connectivity index (χ1v) is 7.79. The molecule has 110 valence electrons. The van der Waals surface area contributed by atoms with Gasteiger partial charge in [0.05, 0.1) is 6.10 Å². The van der Waals surface area contributed by atoms with Gasteiger partial charge in [-0.25, -0.2) is 0 Å². The van der Waals surface area contributed by atoms with Crippen molar-refractivity contribution in [3.8, 4) is 0 Å². The lowest BCUT2D eigenvalue weighted by molar-refractivity contribution is -0.153. The van der Waals surface area contributed by atoms with Gasteiger partial charge >= 0.3 is 5.97 Å². The molecule has 0 aromatic rings. The molecule has 1 saturated heterocycles. The number of carboxylic acids is 1. The van der Waals surface area contributed by atoms with Gasteiger partial charge in [0, 0.05) is 19.1 Å². The fraction of sp³-hybridized carbons (Fsp3) is 0.933. The smallest absolute Gasteiger partial charge is 0.324 e. The van der Waals surface area contributed by atoms with Gasteiger partial charge in [-0.15, -0.1) is 0 Å². The lowest BCUT2D eigenvalue weighted by Gasteiger charge is -2.40. The second-order valence-electron chi connectivity index (χ2n) is 6.08. The zero-order valence-electron chi connectivity index (χ0n) is 12.0. The summed E-state index contributed by atoms with van der Waals surface area (Å²) in [5, 5.41) is 13.2. The summed E-state index contributed by atoms with van der Waals surface area (Å²) in [5.41, 5.74) is -0.756. The Hall–Kier alpha value is -0.610. The highest BCUT2D eigenvalue weighted by Gasteiger charge is 2.44. The minimum Gasteiger partial charge on any atom is -0.480 e. The maximum Gasteiger partial charge on any atom is 0.324 e. The molecule has 2 unspecified atom stereocenters. The van der Waals surface area contributed by atoms with Crippen LogP contribution in [0, 0.1) is 0 Å². The molecule has 1 aliphatic heterocycles. The van der Waals surface area contributed by atoms with E-state index >= 15 is 0 Å². The van der Waals surface area contributed by atoms with E-state index in [0.717, 1.165) is 19.3 Å². The van der Waals surface area contributed by atoms with Crippen molar-refractivity contribution >= 4 is 5.97 Å². The van der Waals surface area contributed by atoms with Crippen LogP contribution in [0.2, 0.25) is 0 Å². The summed E-state index contributed by atoms with van der Waals surface area (Å²) < 4.78 is 5.64. The van der Waals surface area contributed by atoms with Gasteiger partial charge in [0.25, 0.3) is 0 Å². The second kappa shape index (κ2) is 6.71. The minimum atomic E-state index is -0.756. The van der Waals surface area contributed by atoms with E-state index in [1.165, 1.54) is 25.7 Å². The number of aliphatic carboxylic acids is 1. The number of carboxylic acid groups (broad SMARTS) is 1. The summed E-state index contributed by atoms with van der Waals surface area (Å²) in [7, 11) is 0. The van der Waals surface area contributed by atoms with Gasteiger partial charge in [0.1, 0.15) is 5.54 Å². The van der Waals surface area contributed by atoms with Crippen LogP contribution in [0.5, 0.6) is 0 Å². The molecule has 0 aromatic carbocycles. The third kappa shape index (κ3) is 3.69. The van der Waals surface area contributed by atoms with Crippen molar-refractivity contribution in [2.75, 3.05) is 6.61 Å². The van der Waals surface area contributed by atoms with E-state index in [-0.39, 0.29) is 6.10 Å². The Morgan fingerprint density at radius 2 is 2.00 bits per heavy atom. The molecule has 2 aliphatic rings. The first kappa shape index (κ1) is 14.8. The molecular formula is C15H27NO3. The predicted octanol–water partition coefficient (Wildman–Crippen LogP) is 2.71. The van der Waals surface area contributed by atoms with Crippen LogP contribution in [-0.4, -0.2) is 35.4 Å². The van der Waals surface area contributed by atoms with Crippen LogP contribution < -0.4 is 5.32 Å². The molecule has 1 heterocycles. The number of carbonyl (C=O) groups is 1. The Kier molecular flexibility index (Phi) is 5.22. The van der Waals surface area contributed by atoms with Gasteiger partial charge in [-0.3, -0.25) is 10.1 Å². The molecule has 2 fully saturated rings. The van der Waals surface area contributed by atoms with Gasteiger partial charge in [-0.2, -0.15) is 0 Å². The molecule has 0 amide bonds. The minimum absolute atomic E-state index is 0.0862. The molecule has 0 bridgehead atoms. The average molecular weight is 269 g/mol. The third-order valence-corrected chi connectivity index (χ3v) is 4.66. The van der Waals surface area contributed by atoms with E-state index in [0.29, 0.717) is 25.5 Å². The molecule has 1 aliphatic carbocycles. The first-order chi connectivity index (χ1) is 9.16. The highest BCUT2D eigenvalue weighted by Crippen LogP contribution is 2.29. The summed E-state index contributed by atoms with van der Waals surface area (Å²) in [4.78, 5) is 11.8. The van der Waals surface area contributed by atoms with Crippen molar-refractivity contribution in [2.24, 2.45) is 0 Å². The van der Waals surface area contributed by atoms with Gasteiger partial charge in [-0.05, 0) is 25.7 Å². The fourth-order valence-electron chi connectivity index (χ4n) is 3.41. The zero-order chi connectivity index (χ0) is 13.7. The molecule has 2 N–H and O–H groups in total. The van der Waals surface area contributed by atoms with Gasteiger partial charge in [0.2, 0.25) is 0 Å². The lowest BCUT2D eigenvalue weighted by atomic mass is 9.84. The molecule has 4 heteroatoms. The van der Waals surface area contributed by atoms with Crippen molar-refractivity contribution < 1.29 is 14.6 Å². The number of nitrogens with one attached hydrogen (secondary N) is 1. The summed E-state index contributed by atoms with van der Waals surface area (Å²) in [6.45, 7) is 2.62. The molecule has 2 atom stereocenters. The van der Waals surface area contributed by atoms with E-state index in [2.05, 4.69) is 12.2 Å². The van der Waals surface area contributed by atoms with Gasteiger partial charge in [0.15, 0.2) is 0 Å². The number of rotatable bonds is 4. The molecule has 4 nitrogen and oxygen atoms in total. The molecule has 1 saturated carbocycles. The lowest BCUT2D eigenvalue weighted by Crippen LogP contribution is -2.60. The number of hydrogen-bond donors (Lipinski definition) is 2. The van der Waals surface area contributed by atoms with Crippen molar-refractivity contribution in [3.63, 3.8) is 0 Å². The molecule has 19 heavy (non-hydrogen) atoms. The van der Waals surface area contributed by atoms with Crippen LogP contribution in [0.15, 0.2) is 0 Å². The van der Waals surface area contributed by atoms with Gasteiger partial charge in [-0.1, -0.05) is 32.6 Å². The van der Waals surface area contributed by atoms with Crippen LogP contribution in [0.1, 0.15) is 64.7 Å². The topological polar surface area (TPSA) is 58.6 Å². The van der Waals surface area contributed by atoms with Gasteiger partial charge < -0.3 is 9.84 Å². The Labute approximate surface area is 115 Å². The fourth-order valence-corrected chi connectivity index (χ4v) is 3.41. The highest BCUT2D eigenvalue weighted by molar-refractivity contribution is 5.79. The Morgan fingerprint density at radius 1 is 1.32 bits per heavy atom. The van der Waals surface area contributed by atoms with Crippen LogP contribution in [-0.2, 0) is 9.53 Å². The highest BCUT2D eigenvalue weighted by atomic mass is 16.5. The number of hydrogen-bond acceptors (Lipinski definition) is 3. The molecule has 0 aromatic heterocycles. The molecule has 2 rings (SSSR count). The van der Waals surface area contributed by atoms with Crippen LogP contribution in [0.25, 0.3) is 0 Å². The van der Waals surface area contributed by atoms with Crippen molar-refractivity contribution in [1.29, 1.82) is 0 Å². The first-order valence-electron chi connectivity index (χ1n) is 7.79. The average Bonchev–Trinajstić information content (AvgIpc) is 2.67. The summed E-state index contributed by atoms with van der Waals surface area (Å²) in [6, 6.07) is 0.370. The van der Waals surface area contributed by atoms with Crippen molar-refractivity contribution in [3.05, 3.63) is 0 Å². The van der Waals surface area contributed by atoms with Crippen molar-refractivity contribution in [1.82, 2.24) is 5.32 Å². The van der Waals surface area contributed by atoms with E-state index in [4.69, 9.17) is 4.74 Å². The van der Waals surface area contributed by atoms with Crippen LogP contribution in [0.3, 0.4) is 0 Å². The second-order valence-corrected chi connectivity index (χ2v) is 6.08. The maximum atomic E-state index is 11.8. The third-order valence-electron chi connectivity index (χ3n) is 4.66. The summed E-state index contributed by atoms with van der Waals surface area (Å²) >= 11 is 0.